The fourth-order valence-electron chi connectivity index (χ4n) is 0.852. The van der Waals surface area contributed by atoms with Gasteiger partial charge in [0.2, 0.25) is 0 Å². The topological polar surface area (TPSA) is 0 Å². The van der Waals surface area contributed by atoms with Crippen molar-refractivity contribution in [3.63, 3.8) is 0 Å². The third-order valence-electron chi connectivity index (χ3n) is 1.89. The summed E-state index contributed by atoms with van der Waals surface area (Å²) in [6, 6.07) is 0. The zero-order valence-electron chi connectivity index (χ0n) is 8.72. The Hall–Kier alpha value is 0.350. The van der Waals surface area contributed by atoms with E-state index in [1.165, 1.54) is 19.3 Å². The van der Waals surface area contributed by atoms with Gasteiger partial charge in [-0.3, -0.25) is 0 Å². The molecule has 0 nitrogen and oxygen atoms in total. The van der Waals surface area contributed by atoms with Gasteiger partial charge in [0.25, 0.3) is 0 Å². The van der Waals surface area contributed by atoms with Crippen LogP contribution in [0.3, 0.4) is 0 Å². The molecule has 0 radical (unpaired) electrons. The number of thiol groups is 1. The first-order chi connectivity index (χ1) is 5.22. The molecule has 0 rings (SSSR count). The monoisotopic (exact) mass is 176 g/mol. The average Bonchev–Trinajstić information content (AvgIpc) is 2.07. The third-order valence-corrected chi connectivity index (χ3v) is 2.65. The Morgan fingerprint density at radius 2 is 1.64 bits per heavy atom. The van der Waals surface area contributed by atoms with Crippen LogP contribution in [0.2, 0.25) is 0 Å². The highest BCUT2D eigenvalue weighted by Gasteiger charge is 2.08. The fraction of sp³-hybridized carbons (Fsp3) is 1.00. The van der Waals surface area contributed by atoms with E-state index >= 15 is 0 Å². The molecule has 0 fully saturated rings. The molecule has 0 amide bonds. The highest BCUT2D eigenvalue weighted by Crippen LogP contribution is 2.17. The van der Waals surface area contributed by atoms with Gasteiger partial charge in [-0.05, 0) is 12.3 Å². The van der Waals surface area contributed by atoms with Gasteiger partial charge in [-0.2, -0.15) is 12.6 Å². The van der Waals surface area contributed by atoms with Crippen molar-refractivity contribution in [2.75, 3.05) is 0 Å². The molecule has 2 unspecified atom stereocenters. The van der Waals surface area contributed by atoms with E-state index in [0.29, 0.717) is 5.25 Å². The molecule has 2 atom stereocenters. The Morgan fingerprint density at radius 1 is 1.18 bits per heavy atom. The van der Waals surface area contributed by atoms with Crippen molar-refractivity contribution < 1.29 is 0 Å². The summed E-state index contributed by atoms with van der Waals surface area (Å²) in [7, 11) is 0. The Kier molecular flexibility index (Phi) is 13.1. The van der Waals surface area contributed by atoms with Crippen LogP contribution in [0.25, 0.3) is 0 Å². The van der Waals surface area contributed by atoms with Crippen molar-refractivity contribution in [2.45, 2.75) is 59.1 Å². The standard InChI is InChI=1S/C8H18S.C2H6/c1-4-6-8(9)7(3)5-2;1-2/h7-9H,4-6H2,1-3H3;1-2H3. The average molecular weight is 176 g/mol. The first-order valence-electron chi connectivity index (χ1n) is 4.90. The number of hydrogen-bond acceptors (Lipinski definition) is 1. The van der Waals surface area contributed by atoms with Gasteiger partial charge in [0, 0.05) is 5.25 Å². The van der Waals surface area contributed by atoms with Gasteiger partial charge in [-0.15, -0.1) is 0 Å². The number of rotatable bonds is 4. The Bertz CT molecular complexity index is 61.9. The predicted molar refractivity (Wildman–Crippen MR) is 58.5 cm³/mol. The van der Waals surface area contributed by atoms with Gasteiger partial charge in [0.1, 0.15) is 0 Å². The van der Waals surface area contributed by atoms with E-state index in [-0.39, 0.29) is 0 Å². The molecule has 0 aliphatic heterocycles. The fourth-order valence-corrected chi connectivity index (χ4v) is 1.32. The van der Waals surface area contributed by atoms with E-state index in [2.05, 4.69) is 33.4 Å². The van der Waals surface area contributed by atoms with Gasteiger partial charge < -0.3 is 0 Å². The highest BCUT2D eigenvalue weighted by atomic mass is 32.1. The van der Waals surface area contributed by atoms with E-state index in [9.17, 15) is 0 Å². The lowest BCUT2D eigenvalue weighted by Crippen LogP contribution is -2.09. The highest BCUT2D eigenvalue weighted by molar-refractivity contribution is 7.81. The SMILES string of the molecule is CC.CCCC(S)C(C)CC. The smallest absolute Gasteiger partial charge is 0.00422 e. The van der Waals surface area contributed by atoms with Gasteiger partial charge in [-0.25, -0.2) is 0 Å². The van der Waals surface area contributed by atoms with E-state index in [0.717, 1.165) is 5.92 Å². The Labute approximate surface area is 78.2 Å². The summed E-state index contributed by atoms with van der Waals surface area (Å²) in [6.45, 7) is 10.7. The molecule has 0 spiro atoms. The molecule has 0 saturated carbocycles. The van der Waals surface area contributed by atoms with Crippen LogP contribution in [0.4, 0.5) is 0 Å². The van der Waals surface area contributed by atoms with Crippen LogP contribution in [0, 0.1) is 5.92 Å². The lowest BCUT2D eigenvalue weighted by atomic mass is 10.0. The molecule has 0 aromatic rings. The molecule has 0 aliphatic carbocycles. The van der Waals surface area contributed by atoms with Crippen molar-refractivity contribution in [3.05, 3.63) is 0 Å². The Morgan fingerprint density at radius 3 is 1.91 bits per heavy atom. The Balaban J connectivity index is 0. The van der Waals surface area contributed by atoms with Gasteiger partial charge in [-0.1, -0.05) is 47.5 Å². The second-order valence-electron chi connectivity index (χ2n) is 2.74. The second-order valence-corrected chi connectivity index (χ2v) is 3.40. The van der Waals surface area contributed by atoms with Crippen LogP contribution in [0.15, 0.2) is 0 Å². The summed E-state index contributed by atoms with van der Waals surface area (Å²) in [5, 5.41) is 0.625. The predicted octanol–water partition coefficient (Wildman–Crippen LogP) is 4.16. The minimum absolute atomic E-state index is 0.625. The van der Waals surface area contributed by atoms with Gasteiger partial charge in [0.15, 0.2) is 0 Å². The first-order valence-corrected chi connectivity index (χ1v) is 5.42. The molecule has 70 valence electrons. The third kappa shape index (κ3) is 8.25. The molecular formula is C10H24S. The summed E-state index contributed by atoms with van der Waals surface area (Å²) < 4.78 is 0. The summed E-state index contributed by atoms with van der Waals surface area (Å²) in [5.41, 5.74) is 0. The quantitative estimate of drug-likeness (QED) is 0.611. The largest absolute Gasteiger partial charge is 0.176 e. The zero-order valence-corrected chi connectivity index (χ0v) is 9.62. The van der Waals surface area contributed by atoms with Crippen molar-refractivity contribution in [1.82, 2.24) is 0 Å². The molecule has 0 N–H and O–H groups in total. The molecule has 0 bridgehead atoms. The van der Waals surface area contributed by atoms with E-state index < -0.39 is 0 Å². The van der Waals surface area contributed by atoms with Crippen molar-refractivity contribution in [3.8, 4) is 0 Å². The van der Waals surface area contributed by atoms with Crippen LogP contribution in [0.1, 0.15) is 53.9 Å². The maximum absolute atomic E-state index is 4.49. The van der Waals surface area contributed by atoms with E-state index in [1.807, 2.05) is 13.8 Å². The molecule has 0 aromatic heterocycles. The zero-order chi connectivity index (χ0) is 9.28. The molecule has 0 aromatic carbocycles. The first kappa shape index (κ1) is 13.9. The maximum atomic E-state index is 4.49. The molecule has 11 heavy (non-hydrogen) atoms. The van der Waals surface area contributed by atoms with Gasteiger partial charge in [0.05, 0.1) is 0 Å². The molecule has 0 saturated heterocycles. The summed E-state index contributed by atoms with van der Waals surface area (Å²) in [6.07, 6.45) is 3.78. The lowest BCUT2D eigenvalue weighted by molar-refractivity contribution is 0.509. The van der Waals surface area contributed by atoms with Crippen LogP contribution >= 0.6 is 12.6 Å². The van der Waals surface area contributed by atoms with E-state index in [4.69, 9.17) is 0 Å². The van der Waals surface area contributed by atoms with Crippen LogP contribution in [-0.4, -0.2) is 5.25 Å². The molecule has 0 aliphatic rings. The molecular weight excluding hydrogens is 152 g/mol. The van der Waals surface area contributed by atoms with Crippen molar-refractivity contribution >= 4 is 12.6 Å². The molecule has 1 heteroatoms. The van der Waals surface area contributed by atoms with Crippen LogP contribution < -0.4 is 0 Å². The summed E-state index contributed by atoms with van der Waals surface area (Å²) in [5.74, 6) is 0.785. The minimum atomic E-state index is 0.625. The van der Waals surface area contributed by atoms with Crippen molar-refractivity contribution in [1.29, 1.82) is 0 Å². The number of hydrogen-bond donors (Lipinski definition) is 1. The lowest BCUT2D eigenvalue weighted by Gasteiger charge is -2.15. The summed E-state index contributed by atoms with van der Waals surface area (Å²) in [4.78, 5) is 0. The van der Waals surface area contributed by atoms with E-state index in [1.54, 1.807) is 0 Å². The van der Waals surface area contributed by atoms with Crippen molar-refractivity contribution in [2.24, 2.45) is 5.92 Å². The van der Waals surface area contributed by atoms with Crippen LogP contribution in [-0.2, 0) is 0 Å². The second kappa shape index (κ2) is 10.3. The van der Waals surface area contributed by atoms with Gasteiger partial charge >= 0.3 is 0 Å². The normalized spacial score (nSPS) is 14.7. The van der Waals surface area contributed by atoms with Crippen LogP contribution in [0.5, 0.6) is 0 Å². The minimum Gasteiger partial charge on any atom is -0.176 e. The summed E-state index contributed by atoms with van der Waals surface area (Å²) >= 11 is 4.49. The molecule has 0 heterocycles. The maximum Gasteiger partial charge on any atom is 0.00422 e.